The van der Waals surface area contributed by atoms with Crippen molar-refractivity contribution >= 4 is 28.7 Å². The fraction of sp³-hybridized carbons (Fsp3) is 0.588. The molecule has 26 heavy (non-hydrogen) atoms. The van der Waals surface area contributed by atoms with Crippen LogP contribution in [0.4, 0.5) is 5.82 Å². The van der Waals surface area contributed by atoms with Crippen LogP contribution in [-0.4, -0.2) is 68.7 Å². The van der Waals surface area contributed by atoms with Gasteiger partial charge in [-0.3, -0.25) is 14.3 Å². The Balaban J connectivity index is 1.77. The van der Waals surface area contributed by atoms with E-state index in [1.165, 1.54) is 0 Å². The number of anilines is 1. The molecule has 2 aliphatic heterocycles. The first-order valence-corrected chi connectivity index (χ1v) is 8.78. The number of carbonyl (C=O) groups excluding carboxylic acids is 2. The van der Waals surface area contributed by atoms with Crippen LogP contribution < -0.4 is 10.2 Å². The maximum Gasteiger partial charge on any atom is 0.245 e. The minimum atomic E-state index is -0.482. The third-order valence-electron chi connectivity index (χ3n) is 4.96. The number of carbonyl (C=O) groups is 2. The van der Waals surface area contributed by atoms with Crippen LogP contribution in [0.25, 0.3) is 11.0 Å². The lowest BCUT2D eigenvalue weighted by Gasteiger charge is -2.43. The van der Waals surface area contributed by atoms with Gasteiger partial charge >= 0.3 is 0 Å². The van der Waals surface area contributed by atoms with Gasteiger partial charge in [-0.05, 0) is 0 Å². The summed E-state index contributed by atoms with van der Waals surface area (Å²) in [6.45, 7) is 7.85. The Morgan fingerprint density at radius 3 is 2.69 bits per heavy atom. The fourth-order valence-corrected chi connectivity index (χ4v) is 3.46. The van der Waals surface area contributed by atoms with Crippen molar-refractivity contribution in [3.8, 4) is 0 Å². The Morgan fingerprint density at radius 1 is 1.19 bits per heavy atom. The second-order valence-electron chi connectivity index (χ2n) is 7.89. The summed E-state index contributed by atoms with van der Waals surface area (Å²) in [4.78, 5) is 37.6. The number of hydrogen-bond acceptors (Lipinski definition) is 6. The van der Waals surface area contributed by atoms with Crippen molar-refractivity contribution in [2.45, 2.75) is 32.2 Å². The molecule has 2 aliphatic rings. The first kappa shape index (κ1) is 16.7. The van der Waals surface area contributed by atoms with Gasteiger partial charge in [0.05, 0.1) is 18.1 Å². The molecule has 0 radical (unpaired) electrons. The van der Waals surface area contributed by atoms with Gasteiger partial charge in [-0.15, -0.1) is 0 Å². The minimum Gasteiger partial charge on any atom is -0.352 e. The summed E-state index contributed by atoms with van der Waals surface area (Å²) in [5.41, 5.74) is 0.555. The lowest BCUT2D eigenvalue weighted by atomic mass is 9.95. The standard InChI is InChI=1S/C17H23N7O2/c1-17(2,3)16-20-13-10(7-19-22(13)4)14(21-16)23-5-6-24-11(9-23)15(26)18-8-12(24)25/h7,11H,5-6,8-9H2,1-4H3,(H,18,26)/t11-/m1/s1. The molecular formula is C17H23N7O2. The first-order valence-electron chi connectivity index (χ1n) is 8.78. The molecular weight excluding hydrogens is 334 g/mol. The SMILES string of the molecule is Cn1ncc2c(N3CCN4C(=O)CNC(=O)[C@H]4C3)nc(C(C)(C)C)nc21. The van der Waals surface area contributed by atoms with E-state index in [9.17, 15) is 9.59 Å². The molecule has 0 spiro atoms. The van der Waals surface area contributed by atoms with E-state index in [-0.39, 0.29) is 23.8 Å². The number of nitrogens with one attached hydrogen (secondary N) is 1. The topological polar surface area (TPSA) is 96.2 Å². The van der Waals surface area contributed by atoms with E-state index in [1.807, 2.05) is 7.05 Å². The van der Waals surface area contributed by atoms with Crippen molar-refractivity contribution in [1.29, 1.82) is 0 Å². The number of nitrogens with zero attached hydrogens (tertiary/aromatic N) is 6. The molecule has 2 amide bonds. The molecule has 2 aromatic heterocycles. The highest BCUT2D eigenvalue weighted by Gasteiger charge is 2.39. The number of hydrogen-bond donors (Lipinski definition) is 1. The van der Waals surface area contributed by atoms with E-state index in [1.54, 1.807) is 15.8 Å². The Hall–Kier alpha value is -2.71. The molecule has 0 saturated carbocycles. The number of aromatic nitrogens is 4. The maximum absolute atomic E-state index is 12.3. The predicted octanol–water partition coefficient (Wildman–Crippen LogP) is -0.192. The Bertz CT molecular complexity index is 898. The van der Waals surface area contributed by atoms with Crippen LogP contribution in [0, 0.1) is 0 Å². The third kappa shape index (κ3) is 2.58. The summed E-state index contributed by atoms with van der Waals surface area (Å²) < 4.78 is 1.74. The van der Waals surface area contributed by atoms with Crippen LogP contribution in [0.5, 0.6) is 0 Å². The van der Waals surface area contributed by atoms with Crippen molar-refractivity contribution in [3.05, 3.63) is 12.0 Å². The lowest BCUT2D eigenvalue weighted by Crippen LogP contribution is -2.66. The highest BCUT2D eigenvalue weighted by atomic mass is 16.2. The van der Waals surface area contributed by atoms with Crippen LogP contribution >= 0.6 is 0 Å². The van der Waals surface area contributed by atoms with Gasteiger partial charge in [0.25, 0.3) is 0 Å². The molecule has 0 bridgehead atoms. The summed E-state index contributed by atoms with van der Waals surface area (Å²) in [6.07, 6.45) is 1.76. The monoisotopic (exact) mass is 357 g/mol. The van der Waals surface area contributed by atoms with E-state index in [0.717, 1.165) is 22.7 Å². The highest BCUT2D eigenvalue weighted by molar-refractivity contribution is 5.96. The van der Waals surface area contributed by atoms with Gasteiger partial charge in [-0.25, -0.2) is 9.97 Å². The van der Waals surface area contributed by atoms with Crippen molar-refractivity contribution < 1.29 is 9.59 Å². The highest BCUT2D eigenvalue weighted by Crippen LogP contribution is 2.29. The zero-order chi connectivity index (χ0) is 18.6. The average molecular weight is 357 g/mol. The summed E-state index contributed by atoms with van der Waals surface area (Å²) in [5.74, 6) is 1.37. The largest absolute Gasteiger partial charge is 0.352 e. The van der Waals surface area contributed by atoms with E-state index in [4.69, 9.17) is 4.98 Å². The first-order chi connectivity index (χ1) is 12.3. The summed E-state index contributed by atoms with van der Waals surface area (Å²) >= 11 is 0. The van der Waals surface area contributed by atoms with Gasteiger partial charge in [-0.1, -0.05) is 20.8 Å². The van der Waals surface area contributed by atoms with Crippen LogP contribution in [0.3, 0.4) is 0 Å². The summed E-state index contributed by atoms with van der Waals surface area (Å²) in [7, 11) is 1.86. The van der Waals surface area contributed by atoms with E-state index in [2.05, 4.69) is 41.1 Å². The molecule has 1 N–H and O–H groups in total. The molecule has 138 valence electrons. The van der Waals surface area contributed by atoms with E-state index < -0.39 is 6.04 Å². The van der Waals surface area contributed by atoms with Gasteiger partial charge in [0.2, 0.25) is 11.8 Å². The van der Waals surface area contributed by atoms with Crippen LogP contribution in [0.15, 0.2) is 6.20 Å². The van der Waals surface area contributed by atoms with Crippen LogP contribution in [0.2, 0.25) is 0 Å². The molecule has 0 aromatic carbocycles. The number of amides is 2. The van der Waals surface area contributed by atoms with Crippen molar-refractivity contribution in [2.75, 3.05) is 31.1 Å². The van der Waals surface area contributed by atoms with Gasteiger partial charge in [0, 0.05) is 32.1 Å². The molecule has 2 saturated heterocycles. The van der Waals surface area contributed by atoms with E-state index >= 15 is 0 Å². The van der Waals surface area contributed by atoms with Crippen molar-refractivity contribution in [3.63, 3.8) is 0 Å². The van der Waals surface area contributed by atoms with E-state index in [0.29, 0.717) is 19.6 Å². The lowest BCUT2D eigenvalue weighted by molar-refractivity contribution is -0.146. The van der Waals surface area contributed by atoms with Gasteiger partial charge < -0.3 is 15.1 Å². The third-order valence-corrected chi connectivity index (χ3v) is 4.96. The zero-order valence-electron chi connectivity index (χ0n) is 15.5. The van der Waals surface area contributed by atoms with Crippen molar-refractivity contribution in [1.82, 2.24) is 30.0 Å². The molecule has 2 aromatic rings. The smallest absolute Gasteiger partial charge is 0.245 e. The Labute approximate surface area is 151 Å². The molecule has 4 rings (SSSR count). The fourth-order valence-electron chi connectivity index (χ4n) is 3.46. The van der Waals surface area contributed by atoms with Crippen LogP contribution in [0.1, 0.15) is 26.6 Å². The quantitative estimate of drug-likeness (QED) is 0.760. The predicted molar refractivity (Wildman–Crippen MR) is 95.7 cm³/mol. The number of rotatable bonds is 1. The molecule has 2 fully saturated rings. The maximum atomic E-state index is 12.3. The second-order valence-corrected chi connectivity index (χ2v) is 7.89. The summed E-state index contributed by atoms with van der Waals surface area (Å²) in [6, 6.07) is -0.482. The van der Waals surface area contributed by atoms with Gasteiger partial charge in [-0.2, -0.15) is 5.10 Å². The molecule has 9 heteroatoms. The van der Waals surface area contributed by atoms with Gasteiger partial charge in [0.1, 0.15) is 17.7 Å². The normalized spacial score (nSPS) is 21.2. The van der Waals surface area contributed by atoms with Crippen LogP contribution in [-0.2, 0) is 22.1 Å². The molecule has 0 aliphatic carbocycles. The number of fused-ring (bicyclic) bond motifs is 2. The number of piperazine rings is 2. The minimum absolute atomic E-state index is 0.0288. The zero-order valence-corrected chi connectivity index (χ0v) is 15.5. The Kier molecular flexibility index (Phi) is 3.64. The molecule has 4 heterocycles. The summed E-state index contributed by atoms with van der Waals surface area (Å²) in [5, 5.41) is 7.86. The number of aryl methyl sites for hydroxylation is 1. The molecule has 1 atom stereocenters. The van der Waals surface area contributed by atoms with Gasteiger partial charge in [0.15, 0.2) is 5.65 Å². The second kappa shape index (κ2) is 5.65. The Morgan fingerprint density at radius 2 is 1.96 bits per heavy atom. The molecule has 0 unspecified atom stereocenters. The van der Waals surface area contributed by atoms with Crippen molar-refractivity contribution in [2.24, 2.45) is 7.05 Å². The average Bonchev–Trinajstić information content (AvgIpc) is 2.98. The molecule has 9 nitrogen and oxygen atoms in total.